The normalized spacial score (nSPS) is 22.6. The molecule has 1 amide bonds. The Morgan fingerprint density at radius 2 is 1.70 bits per heavy atom. The van der Waals surface area contributed by atoms with Crippen LogP contribution in [0, 0.1) is 0 Å². The van der Waals surface area contributed by atoms with E-state index in [0.29, 0.717) is 13.2 Å². The molecular weight excluding hydrogens is 380 g/mol. The van der Waals surface area contributed by atoms with Crippen molar-refractivity contribution >= 4 is 11.9 Å². The summed E-state index contributed by atoms with van der Waals surface area (Å²) in [4.78, 5) is 27.6. The van der Waals surface area contributed by atoms with Crippen LogP contribution in [-0.2, 0) is 32.3 Å². The minimum atomic E-state index is -0.766. The van der Waals surface area contributed by atoms with Gasteiger partial charge in [0.05, 0.1) is 12.7 Å². The Morgan fingerprint density at radius 3 is 2.27 bits per heavy atom. The third-order valence-corrected chi connectivity index (χ3v) is 5.96. The summed E-state index contributed by atoms with van der Waals surface area (Å²) in [7, 11) is 0. The van der Waals surface area contributed by atoms with Gasteiger partial charge in [-0.1, -0.05) is 60.7 Å². The summed E-state index contributed by atoms with van der Waals surface area (Å²) in [6.07, 6.45) is 1.30. The fourth-order valence-electron chi connectivity index (χ4n) is 4.24. The topological polar surface area (TPSA) is 67.9 Å². The highest BCUT2D eigenvalue weighted by Crippen LogP contribution is 2.34. The molecular formula is C24H28N2O4. The van der Waals surface area contributed by atoms with E-state index in [-0.39, 0.29) is 12.5 Å². The van der Waals surface area contributed by atoms with Crippen molar-refractivity contribution in [1.29, 1.82) is 0 Å². The van der Waals surface area contributed by atoms with E-state index in [4.69, 9.17) is 9.47 Å². The Labute approximate surface area is 177 Å². The van der Waals surface area contributed by atoms with Crippen LogP contribution in [0.15, 0.2) is 60.7 Å². The molecule has 30 heavy (non-hydrogen) atoms. The number of hydrogen-bond donors (Lipinski definition) is 1. The quantitative estimate of drug-likeness (QED) is 0.537. The second-order valence-corrected chi connectivity index (χ2v) is 8.09. The summed E-state index contributed by atoms with van der Waals surface area (Å²) < 4.78 is 11.6. The van der Waals surface area contributed by atoms with Gasteiger partial charge in [-0.05, 0) is 37.4 Å². The molecule has 2 aliphatic heterocycles. The first kappa shape index (κ1) is 20.6. The van der Waals surface area contributed by atoms with Gasteiger partial charge >= 0.3 is 5.97 Å². The lowest BCUT2D eigenvalue weighted by Crippen LogP contribution is -2.75. The number of likely N-dealkylation sites (tertiary alicyclic amines) is 1. The van der Waals surface area contributed by atoms with Crippen molar-refractivity contribution in [2.75, 3.05) is 13.1 Å². The highest BCUT2D eigenvalue weighted by molar-refractivity contribution is 5.96. The first-order valence-corrected chi connectivity index (χ1v) is 10.5. The van der Waals surface area contributed by atoms with Gasteiger partial charge in [0, 0.05) is 6.54 Å². The van der Waals surface area contributed by atoms with Gasteiger partial charge in [-0.2, -0.15) is 0 Å². The lowest BCUT2D eigenvalue weighted by Gasteiger charge is -2.50. The number of nitrogens with one attached hydrogen (secondary N) is 1. The van der Waals surface area contributed by atoms with E-state index in [1.165, 1.54) is 0 Å². The Morgan fingerprint density at radius 1 is 1.07 bits per heavy atom. The van der Waals surface area contributed by atoms with Crippen LogP contribution in [0.2, 0.25) is 0 Å². The summed E-state index contributed by atoms with van der Waals surface area (Å²) in [5, 5.41) is 3.31. The van der Waals surface area contributed by atoms with Crippen LogP contribution in [0.25, 0.3) is 0 Å². The van der Waals surface area contributed by atoms with Crippen LogP contribution in [-0.4, -0.2) is 47.6 Å². The maximum Gasteiger partial charge on any atom is 0.331 e. The zero-order valence-electron chi connectivity index (χ0n) is 17.3. The van der Waals surface area contributed by atoms with Crippen molar-refractivity contribution in [2.24, 2.45) is 0 Å². The maximum absolute atomic E-state index is 13.0. The van der Waals surface area contributed by atoms with E-state index in [2.05, 4.69) is 5.32 Å². The lowest BCUT2D eigenvalue weighted by molar-refractivity contribution is -0.176. The Kier molecular flexibility index (Phi) is 6.16. The predicted octanol–water partition coefficient (Wildman–Crippen LogP) is 2.67. The molecule has 6 heteroatoms. The first-order chi connectivity index (χ1) is 14.6. The number of amides is 1. The second-order valence-electron chi connectivity index (χ2n) is 8.09. The molecule has 6 nitrogen and oxygen atoms in total. The molecule has 2 heterocycles. The molecule has 0 unspecified atom stereocenters. The summed E-state index contributed by atoms with van der Waals surface area (Å²) in [6, 6.07) is 18.6. The van der Waals surface area contributed by atoms with E-state index in [0.717, 1.165) is 30.5 Å². The fraction of sp³-hybridized carbons (Fsp3) is 0.417. The Bertz CT molecular complexity index is 865. The molecule has 1 spiro atoms. The lowest BCUT2D eigenvalue weighted by atomic mass is 9.84. The molecule has 2 aromatic carbocycles. The molecule has 0 saturated carbocycles. The number of rotatable bonds is 8. The Balaban J connectivity index is 1.44. The number of carbonyl (C=O) groups excluding carboxylic acids is 2. The smallest absolute Gasteiger partial charge is 0.331 e. The van der Waals surface area contributed by atoms with Gasteiger partial charge < -0.3 is 19.7 Å². The number of nitrogens with zero attached hydrogens (tertiary/aromatic N) is 1. The van der Waals surface area contributed by atoms with Crippen LogP contribution in [0.3, 0.4) is 0 Å². The van der Waals surface area contributed by atoms with E-state index < -0.39 is 23.7 Å². The average molecular weight is 408 g/mol. The summed E-state index contributed by atoms with van der Waals surface area (Å²) in [5.74, 6) is -0.461. The molecule has 3 atom stereocenters. The molecule has 2 aromatic rings. The largest absolute Gasteiger partial charge is 0.459 e. The maximum atomic E-state index is 13.0. The number of esters is 1. The molecule has 2 fully saturated rings. The van der Waals surface area contributed by atoms with Crippen molar-refractivity contribution < 1.29 is 19.1 Å². The summed E-state index contributed by atoms with van der Waals surface area (Å²) >= 11 is 0. The summed E-state index contributed by atoms with van der Waals surface area (Å²) in [6.45, 7) is 3.72. The first-order valence-electron chi connectivity index (χ1n) is 10.5. The molecule has 2 aliphatic rings. The second kappa shape index (κ2) is 8.98. The highest BCUT2D eigenvalue weighted by Gasteiger charge is 2.57. The fourth-order valence-corrected chi connectivity index (χ4v) is 4.24. The van der Waals surface area contributed by atoms with E-state index in [9.17, 15) is 9.59 Å². The minimum Gasteiger partial charge on any atom is -0.459 e. The Hall–Kier alpha value is -2.70. The molecule has 0 aromatic heterocycles. The average Bonchev–Trinajstić information content (AvgIpc) is 3.29. The highest BCUT2D eigenvalue weighted by atomic mass is 16.5. The monoisotopic (exact) mass is 408 g/mol. The zero-order chi connectivity index (χ0) is 21.0. The summed E-state index contributed by atoms with van der Waals surface area (Å²) in [5.41, 5.74) is 1.42. The van der Waals surface area contributed by atoms with Crippen molar-refractivity contribution in [3.63, 3.8) is 0 Å². The third-order valence-electron chi connectivity index (χ3n) is 5.96. The van der Waals surface area contributed by atoms with E-state index >= 15 is 0 Å². The van der Waals surface area contributed by atoms with Crippen LogP contribution in [0.1, 0.15) is 30.9 Å². The molecule has 2 saturated heterocycles. The van der Waals surface area contributed by atoms with Crippen LogP contribution >= 0.6 is 0 Å². The van der Waals surface area contributed by atoms with Gasteiger partial charge in [-0.25, -0.2) is 4.79 Å². The number of ether oxygens (including phenoxy) is 2. The molecule has 1 N–H and O–H groups in total. The van der Waals surface area contributed by atoms with Crippen molar-refractivity contribution in [1.82, 2.24) is 10.2 Å². The van der Waals surface area contributed by atoms with Crippen LogP contribution < -0.4 is 5.32 Å². The predicted molar refractivity (Wildman–Crippen MR) is 112 cm³/mol. The molecule has 0 radical (unpaired) electrons. The molecule has 0 aliphatic carbocycles. The third kappa shape index (κ3) is 4.25. The van der Waals surface area contributed by atoms with Crippen molar-refractivity contribution in [2.45, 2.75) is 50.7 Å². The van der Waals surface area contributed by atoms with Gasteiger partial charge in [-0.3, -0.25) is 4.79 Å². The van der Waals surface area contributed by atoms with E-state index in [1.54, 1.807) is 4.90 Å². The molecule has 4 rings (SSSR count). The number of carbonyl (C=O) groups is 2. The van der Waals surface area contributed by atoms with Crippen molar-refractivity contribution in [3.8, 4) is 0 Å². The van der Waals surface area contributed by atoms with Crippen LogP contribution in [0.4, 0.5) is 0 Å². The molecule has 158 valence electrons. The van der Waals surface area contributed by atoms with E-state index in [1.807, 2.05) is 67.6 Å². The van der Waals surface area contributed by atoms with Gasteiger partial charge in [0.25, 0.3) is 0 Å². The minimum absolute atomic E-state index is 0.0307. The standard InChI is InChI=1S/C24H28N2O4/c1-18(29-15-19-9-4-2-5-10-19)21(22(27)30-16-20-11-6-3-7-12-20)26-17-24(23(26)28)13-8-14-25-24/h2-7,9-12,18,21,25H,8,13-17H2,1H3/t18-,21+,24+/m1/s1. The van der Waals surface area contributed by atoms with Gasteiger partial charge in [-0.15, -0.1) is 0 Å². The zero-order valence-corrected chi connectivity index (χ0v) is 17.3. The van der Waals surface area contributed by atoms with Gasteiger partial charge in [0.2, 0.25) is 5.91 Å². The van der Waals surface area contributed by atoms with Crippen LogP contribution in [0.5, 0.6) is 0 Å². The van der Waals surface area contributed by atoms with Crippen molar-refractivity contribution in [3.05, 3.63) is 71.8 Å². The number of hydrogen-bond acceptors (Lipinski definition) is 5. The van der Waals surface area contributed by atoms with Gasteiger partial charge in [0.15, 0.2) is 6.04 Å². The molecule has 0 bridgehead atoms. The van der Waals surface area contributed by atoms with Gasteiger partial charge in [0.1, 0.15) is 12.1 Å². The number of benzene rings is 2. The number of β-lactam (4-membered cyclic amide) rings is 1. The SMILES string of the molecule is C[C@@H](OCc1ccccc1)[C@@H](C(=O)OCc1ccccc1)N1C[C@@]2(CCCN2)C1=O.